The van der Waals surface area contributed by atoms with Gasteiger partial charge in [-0.05, 0) is 86.3 Å². The Labute approximate surface area is 206 Å². The molecular formula is C27H30N2O5S. The van der Waals surface area contributed by atoms with E-state index in [4.69, 9.17) is 9.47 Å². The van der Waals surface area contributed by atoms with Crippen LogP contribution in [0.1, 0.15) is 35.2 Å². The van der Waals surface area contributed by atoms with E-state index in [-0.39, 0.29) is 23.4 Å². The lowest BCUT2D eigenvalue weighted by molar-refractivity contribution is -0.128. The first-order valence-corrected chi connectivity index (χ1v) is 12.9. The van der Waals surface area contributed by atoms with Crippen LogP contribution in [0, 0.1) is 20.8 Å². The Hall–Kier alpha value is -3.52. The highest BCUT2D eigenvalue weighted by molar-refractivity contribution is 7.92. The molecule has 0 aliphatic carbocycles. The van der Waals surface area contributed by atoms with Gasteiger partial charge in [0.1, 0.15) is 11.5 Å². The second-order valence-electron chi connectivity index (χ2n) is 8.81. The number of hydrogen-bond acceptors (Lipinski definition) is 5. The number of methoxy groups -OCH3 is 1. The summed E-state index contributed by atoms with van der Waals surface area (Å²) in [6, 6.07) is 16.9. The summed E-state index contributed by atoms with van der Waals surface area (Å²) in [5.74, 6) is 0.518. The van der Waals surface area contributed by atoms with Gasteiger partial charge in [-0.3, -0.25) is 9.10 Å². The minimum atomic E-state index is -3.95. The van der Waals surface area contributed by atoms with Gasteiger partial charge in [0, 0.05) is 0 Å². The molecule has 0 radical (unpaired) electrons. The second-order valence-corrected chi connectivity index (χ2v) is 10.7. The topological polar surface area (TPSA) is 84.9 Å². The van der Waals surface area contributed by atoms with Crippen LogP contribution < -0.4 is 19.1 Å². The zero-order valence-electron chi connectivity index (χ0n) is 20.5. The molecule has 1 heterocycles. The van der Waals surface area contributed by atoms with Crippen LogP contribution in [0.4, 0.5) is 5.69 Å². The molecule has 3 aromatic carbocycles. The zero-order valence-corrected chi connectivity index (χ0v) is 21.3. The molecule has 0 unspecified atom stereocenters. The average molecular weight is 495 g/mol. The quantitative estimate of drug-likeness (QED) is 0.547. The Kier molecular flexibility index (Phi) is 6.76. The Morgan fingerprint density at radius 1 is 1.03 bits per heavy atom. The minimum absolute atomic E-state index is 0.105. The maximum atomic E-state index is 13.6. The van der Waals surface area contributed by atoms with Gasteiger partial charge >= 0.3 is 0 Å². The summed E-state index contributed by atoms with van der Waals surface area (Å²) in [7, 11) is -2.43. The molecular weight excluding hydrogens is 464 g/mol. The number of nitrogens with one attached hydrogen (secondary N) is 1. The third-order valence-electron chi connectivity index (χ3n) is 6.38. The van der Waals surface area contributed by atoms with E-state index in [0.29, 0.717) is 17.2 Å². The molecule has 1 amide bonds. The van der Waals surface area contributed by atoms with Crippen molar-refractivity contribution in [3.63, 3.8) is 0 Å². The van der Waals surface area contributed by atoms with Gasteiger partial charge in [0.25, 0.3) is 15.9 Å². The van der Waals surface area contributed by atoms with Crippen LogP contribution in [0.5, 0.6) is 11.5 Å². The molecule has 184 valence electrons. The number of benzene rings is 3. The van der Waals surface area contributed by atoms with Crippen molar-refractivity contribution in [2.45, 2.75) is 44.7 Å². The highest BCUT2D eigenvalue weighted by Gasteiger charge is 2.38. The van der Waals surface area contributed by atoms with Gasteiger partial charge in [-0.25, -0.2) is 8.42 Å². The highest BCUT2D eigenvalue weighted by Crippen LogP contribution is 2.37. The number of anilines is 1. The number of hydrogen-bond donors (Lipinski definition) is 1. The number of fused-ring (bicyclic) bond motifs is 1. The third-order valence-corrected chi connectivity index (χ3v) is 8.18. The maximum absolute atomic E-state index is 13.6. The molecule has 1 aliphatic heterocycles. The van der Waals surface area contributed by atoms with E-state index in [1.807, 2.05) is 20.8 Å². The number of ether oxygens (including phenoxy) is 2. The molecule has 0 fully saturated rings. The lowest BCUT2D eigenvalue weighted by Gasteiger charge is -2.35. The SMILES string of the molecule is COc1ccc(S(=O)(=O)N2C[C@H](C(=O)N[C@H](C)c3cc(C)c(C)cc3C)Oc3ccccc32)cc1. The summed E-state index contributed by atoms with van der Waals surface area (Å²) in [4.78, 5) is 13.4. The molecule has 8 heteroatoms. The predicted molar refractivity (Wildman–Crippen MR) is 136 cm³/mol. The summed E-state index contributed by atoms with van der Waals surface area (Å²) in [5.41, 5.74) is 4.83. The molecule has 0 spiro atoms. The highest BCUT2D eigenvalue weighted by atomic mass is 32.2. The molecule has 35 heavy (non-hydrogen) atoms. The van der Waals surface area contributed by atoms with Crippen molar-refractivity contribution in [3.05, 3.63) is 82.9 Å². The van der Waals surface area contributed by atoms with Gasteiger partial charge < -0.3 is 14.8 Å². The third kappa shape index (κ3) is 4.84. The number of rotatable bonds is 6. The largest absolute Gasteiger partial charge is 0.497 e. The summed E-state index contributed by atoms with van der Waals surface area (Å²) in [6.07, 6.45) is -1.01. The van der Waals surface area contributed by atoms with Gasteiger partial charge in [-0.1, -0.05) is 24.3 Å². The number of carbonyl (C=O) groups excluding carboxylic acids is 1. The van der Waals surface area contributed by atoms with E-state index in [9.17, 15) is 13.2 Å². The standard InChI is InChI=1S/C27H30N2O5S/c1-17-14-19(3)23(15-18(17)2)20(4)28-27(30)26-16-29(24-8-6-7-9-25(24)34-26)35(31,32)22-12-10-21(33-5)11-13-22/h6-15,20,26H,16H2,1-5H3,(H,28,30)/t20-,26-/m1/s1. The monoisotopic (exact) mass is 494 g/mol. The molecule has 0 aromatic heterocycles. The van der Waals surface area contributed by atoms with Crippen molar-refractivity contribution in [2.75, 3.05) is 18.0 Å². The number of carbonyl (C=O) groups is 1. The van der Waals surface area contributed by atoms with Crippen LogP contribution in [0.25, 0.3) is 0 Å². The van der Waals surface area contributed by atoms with Crippen molar-refractivity contribution in [1.29, 1.82) is 0 Å². The number of amides is 1. The fourth-order valence-corrected chi connectivity index (χ4v) is 5.75. The van der Waals surface area contributed by atoms with Crippen LogP contribution in [0.2, 0.25) is 0 Å². The number of aryl methyl sites for hydroxylation is 3. The molecule has 1 aliphatic rings. The van der Waals surface area contributed by atoms with E-state index in [1.54, 1.807) is 36.4 Å². The van der Waals surface area contributed by atoms with Crippen molar-refractivity contribution >= 4 is 21.6 Å². The van der Waals surface area contributed by atoms with E-state index in [2.05, 4.69) is 24.4 Å². The van der Waals surface area contributed by atoms with Crippen LogP contribution >= 0.6 is 0 Å². The summed E-state index contributed by atoms with van der Waals surface area (Å²) in [5, 5.41) is 3.01. The van der Waals surface area contributed by atoms with Crippen LogP contribution in [-0.4, -0.2) is 34.1 Å². The van der Waals surface area contributed by atoms with Crippen LogP contribution in [0.15, 0.2) is 65.6 Å². The maximum Gasteiger partial charge on any atom is 0.264 e. The van der Waals surface area contributed by atoms with Gasteiger partial charge in [-0.15, -0.1) is 0 Å². The van der Waals surface area contributed by atoms with Crippen molar-refractivity contribution in [3.8, 4) is 11.5 Å². The predicted octanol–water partition coefficient (Wildman–Crippen LogP) is 4.45. The van der Waals surface area contributed by atoms with Crippen LogP contribution in [0.3, 0.4) is 0 Å². The molecule has 4 rings (SSSR count). The van der Waals surface area contributed by atoms with E-state index in [1.165, 1.54) is 29.1 Å². The normalized spacial score (nSPS) is 16.1. The Balaban J connectivity index is 1.62. The van der Waals surface area contributed by atoms with Gasteiger partial charge in [-0.2, -0.15) is 0 Å². The number of nitrogens with zero attached hydrogens (tertiary/aromatic N) is 1. The average Bonchev–Trinajstić information content (AvgIpc) is 2.85. The fraction of sp³-hybridized carbons (Fsp3) is 0.296. The summed E-state index contributed by atoms with van der Waals surface area (Å²) >= 11 is 0. The summed E-state index contributed by atoms with van der Waals surface area (Å²) in [6.45, 7) is 7.88. The fourth-order valence-electron chi connectivity index (χ4n) is 4.27. The van der Waals surface area contributed by atoms with Crippen molar-refractivity contribution < 1.29 is 22.7 Å². The molecule has 1 N–H and O–H groups in total. The molecule has 2 atom stereocenters. The van der Waals surface area contributed by atoms with Crippen molar-refractivity contribution in [2.24, 2.45) is 0 Å². The first kappa shape index (κ1) is 24.6. The molecule has 7 nitrogen and oxygen atoms in total. The Morgan fingerprint density at radius 3 is 2.37 bits per heavy atom. The smallest absolute Gasteiger partial charge is 0.264 e. The lowest BCUT2D eigenvalue weighted by Crippen LogP contribution is -2.51. The Morgan fingerprint density at radius 2 is 1.69 bits per heavy atom. The second kappa shape index (κ2) is 9.62. The zero-order chi connectivity index (χ0) is 25.3. The van der Waals surface area contributed by atoms with E-state index < -0.39 is 16.1 Å². The first-order chi connectivity index (χ1) is 16.6. The van der Waals surface area contributed by atoms with Gasteiger partial charge in [0.2, 0.25) is 0 Å². The Bertz CT molecular complexity index is 1350. The lowest BCUT2D eigenvalue weighted by atomic mass is 9.96. The van der Waals surface area contributed by atoms with Crippen LogP contribution in [-0.2, 0) is 14.8 Å². The number of para-hydroxylation sites is 2. The molecule has 3 aromatic rings. The van der Waals surface area contributed by atoms with E-state index in [0.717, 1.165) is 16.7 Å². The summed E-state index contributed by atoms with van der Waals surface area (Å²) < 4.78 is 39.5. The number of sulfonamides is 1. The minimum Gasteiger partial charge on any atom is -0.497 e. The van der Waals surface area contributed by atoms with Gasteiger partial charge in [0.15, 0.2) is 6.10 Å². The van der Waals surface area contributed by atoms with Gasteiger partial charge in [0.05, 0.1) is 30.3 Å². The van der Waals surface area contributed by atoms with Crippen molar-refractivity contribution in [1.82, 2.24) is 5.32 Å². The molecule has 0 bridgehead atoms. The van der Waals surface area contributed by atoms with E-state index >= 15 is 0 Å². The molecule has 0 saturated heterocycles. The first-order valence-electron chi connectivity index (χ1n) is 11.4. The molecule has 0 saturated carbocycles.